The van der Waals surface area contributed by atoms with Crippen LogP contribution in [0, 0.1) is 17.8 Å². The van der Waals surface area contributed by atoms with Crippen molar-refractivity contribution < 1.29 is 38.9 Å². The lowest BCUT2D eigenvalue weighted by Crippen LogP contribution is -2.59. The Kier molecular flexibility index (Phi) is 13.3. The zero-order chi connectivity index (χ0) is 49.1. The zero-order valence-electron chi connectivity index (χ0n) is 39.1. The molecule has 0 aliphatic carbocycles. The molecule has 4 aliphatic heterocycles. The van der Waals surface area contributed by atoms with E-state index in [1.54, 1.807) is 53.7 Å². The van der Waals surface area contributed by atoms with Crippen molar-refractivity contribution >= 4 is 35.5 Å². The molecule has 0 bridgehead atoms. The Morgan fingerprint density at radius 1 is 0.789 bits per heavy atom. The summed E-state index contributed by atoms with van der Waals surface area (Å²) in [6.07, 6.45) is 2.60. The highest BCUT2D eigenvalue weighted by Gasteiger charge is 2.76. The van der Waals surface area contributed by atoms with Gasteiger partial charge in [-0.2, -0.15) is 0 Å². The summed E-state index contributed by atoms with van der Waals surface area (Å²) in [5.41, 5.74) is 1.91. The van der Waals surface area contributed by atoms with Crippen molar-refractivity contribution in [2.75, 3.05) is 55.8 Å². The van der Waals surface area contributed by atoms with Crippen LogP contribution in [0.4, 0.5) is 16.4 Å². The second kappa shape index (κ2) is 20.2. The number of aliphatic hydroxyl groups is 2. The van der Waals surface area contributed by atoms with Crippen molar-refractivity contribution in [3.8, 4) is 17.6 Å². The molecule has 3 N–H and O–H groups in total. The molecular weight excluding hydrogens is 899 g/mol. The standard InChI is InChI=1S/C56H53N7O8/c1-37(39-15-5-2-6-16-39)59-55(69)62-45-26-21-38(14-11-12-33-64)36-44(45)56(53(62)68)46(51(66)60-29-31-61(32-30-60)54-57-27-13-28-58-54)48-52(67)71-49(41-19-9-4-10-20-41)47(40-17-7-3-8-18-40)63(48)50(56)42-22-24-43(25-23-42)70-35-34-65/h2-10,13,15-28,36-37,46-50,64-65H,12,29-35H2,1H3,(H,59,69)/t37-,46-,47-,48-,49+,50+,56-/m1/s1. The number of amides is 4. The van der Waals surface area contributed by atoms with Gasteiger partial charge in [-0.3, -0.25) is 19.3 Å². The molecule has 1 aromatic heterocycles. The van der Waals surface area contributed by atoms with Crippen LogP contribution >= 0.6 is 0 Å². The molecule has 15 nitrogen and oxygen atoms in total. The highest BCUT2D eigenvalue weighted by atomic mass is 16.6. The largest absolute Gasteiger partial charge is 0.491 e. The van der Waals surface area contributed by atoms with E-state index in [1.807, 2.05) is 120 Å². The summed E-state index contributed by atoms with van der Waals surface area (Å²) in [6.45, 7) is 2.67. The van der Waals surface area contributed by atoms with Gasteiger partial charge in [0, 0.05) is 50.6 Å². The third kappa shape index (κ3) is 8.54. The number of aromatic nitrogens is 2. The first kappa shape index (κ1) is 46.8. The molecular formula is C56H53N7O8. The summed E-state index contributed by atoms with van der Waals surface area (Å²) >= 11 is 0. The predicted molar refractivity (Wildman–Crippen MR) is 264 cm³/mol. The molecule has 71 heavy (non-hydrogen) atoms. The molecule has 1 spiro atoms. The number of carbonyl (C=O) groups is 4. The molecule has 7 atom stereocenters. The maximum atomic E-state index is 16.8. The Balaban J connectivity index is 1.23. The van der Waals surface area contributed by atoms with Gasteiger partial charge in [0.15, 0.2) is 0 Å². The van der Waals surface area contributed by atoms with Gasteiger partial charge < -0.3 is 34.8 Å². The summed E-state index contributed by atoms with van der Waals surface area (Å²) in [6, 6.07) is 37.9. The van der Waals surface area contributed by atoms with Crippen LogP contribution in [0.25, 0.3) is 0 Å². The topological polar surface area (TPSA) is 178 Å². The van der Waals surface area contributed by atoms with Crippen molar-refractivity contribution in [3.05, 3.63) is 185 Å². The quantitative estimate of drug-likeness (QED) is 0.101. The fourth-order valence-electron chi connectivity index (χ4n) is 10.9. The van der Waals surface area contributed by atoms with Gasteiger partial charge in [-0.25, -0.2) is 19.7 Å². The Hall–Kier alpha value is -7.90. The van der Waals surface area contributed by atoms with Crippen LogP contribution in [-0.4, -0.2) is 106 Å². The second-order valence-electron chi connectivity index (χ2n) is 18.0. The maximum Gasteiger partial charge on any atom is 0.329 e. The number of cyclic esters (lactones) is 1. The van der Waals surface area contributed by atoms with Gasteiger partial charge in [0.25, 0.3) is 0 Å². The van der Waals surface area contributed by atoms with E-state index in [2.05, 4.69) is 27.1 Å². The van der Waals surface area contributed by atoms with Crippen LogP contribution < -0.4 is 19.9 Å². The lowest BCUT2D eigenvalue weighted by molar-refractivity contribution is -0.179. The monoisotopic (exact) mass is 951 g/mol. The molecule has 15 heteroatoms. The number of aliphatic hydroxyl groups excluding tert-OH is 2. The molecule has 3 saturated heterocycles. The number of urea groups is 1. The van der Waals surface area contributed by atoms with Crippen molar-refractivity contribution in [2.45, 2.75) is 49.0 Å². The number of piperazine rings is 1. The van der Waals surface area contributed by atoms with Crippen LogP contribution in [0.15, 0.2) is 152 Å². The number of imide groups is 1. The first-order valence-corrected chi connectivity index (χ1v) is 23.9. The average molecular weight is 952 g/mol. The normalized spacial score (nSPS) is 23.0. The van der Waals surface area contributed by atoms with E-state index in [-0.39, 0.29) is 45.0 Å². The molecule has 6 aromatic rings. The first-order valence-electron chi connectivity index (χ1n) is 23.9. The number of hydrogen-bond acceptors (Lipinski definition) is 12. The molecule has 0 saturated carbocycles. The van der Waals surface area contributed by atoms with E-state index in [1.165, 1.54) is 0 Å². The summed E-state index contributed by atoms with van der Waals surface area (Å²) in [4.78, 5) is 79.5. The van der Waals surface area contributed by atoms with Crippen LogP contribution in [0.1, 0.15) is 71.0 Å². The fourth-order valence-corrected chi connectivity index (χ4v) is 10.9. The molecule has 0 unspecified atom stereocenters. The fraction of sp³-hybridized carbons (Fsp3) is 0.286. The minimum Gasteiger partial charge on any atom is -0.491 e. The number of benzene rings is 5. The van der Waals surface area contributed by atoms with Crippen LogP contribution in [0.5, 0.6) is 5.75 Å². The third-order valence-corrected chi connectivity index (χ3v) is 14.0. The Bertz CT molecular complexity index is 2950. The number of fused-ring (bicyclic) bond motifs is 3. The number of morpholine rings is 1. The van der Waals surface area contributed by atoms with E-state index < -0.39 is 65.4 Å². The zero-order valence-corrected chi connectivity index (χ0v) is 39.1. The SMILES string of the molecule is C[C@@H](NC(=O)N1C(=O)[C@@]2(c3cc(C#CCCO)ccc31)[C@H](c1ccc(OCCO)cc1)N1[C@H](c3ccccc3)[C@H](c3ccccc3)OC(=O)[C@H]1[C@@H]2C(=O)N1CCN(c2ncccn2)CC1)c1ccccc1. The van der Waals surface area contributed by atoms with E-state index in [9.17, 15) is 10.2 Å². The number of nitrogens with zero attached hydrogens (tertiary/aromatic N) is 6. The van der Waals surface area contributed by atoms with Gasteiger partial charge >= 0.3 is 12.0 Å². The molecule has 3 fully saturated rings. The number of carbonyl (C=O) groups excluding carboxylic acids is 4. The number of esters is 1. The van der Waals surface area contributed by atoms with Crippen molar-refractivity contribution in [1.82, 2.24) is 25.1 Å². The molecule has 4 aliphatic rings. The van der Waals surface area contributed by atoms with Crippen LogP contribution in [0.3, 0.4) is 0 Å². The van der Waals surface area contributed by atoms with Gasteiger partial charge in [-0.15, -0.1) is 0 Å². The van der Waals surface area contributed by atoms with E-state index in [4.69, 9.17) is 9.47 Å². The summed E-state index contributed by atoms with van der Waals surface area (Å²) in [7, 11) is 0. The molecule has 5 heterocycles. The lowest BCUT2D eigenvalue weighted by atomic mass is 9.64. The van der Waals surface area contributed by atoms with Gasteiger partial charge in [0.05, 0.1) is 42.9 Å². The van der Waals surface area contributed by atoms with Crippen molar-refractivity contribution in [2.24, 2.45) is 5.92 Å². The first-order chi connectivity index (χ1) is 34.7. The molecule has 4 amide bonds. The number of anilines is 2. The highest BCUT2D eigenvalue weighted by Crippen LogP contribution is 2.66. The van der Waals surface area contributed by atoms with Gasteiger partial charge in [0.2, 0.25) is 17.8 Å². The third-order valence-electron chi connectivity index (χ3n) is 14.0. The van der Waals surface area contributed by atoms with Crippen molar-refractivity contribution in [1.29, 1.82) is 0 Å². The minimum atomic E-state index is -2.00. The Morgan fingerprint density at radius 3 is 2.11 bits per heavy atom. The lowest BCUT2D eigenvalue weighted by Gasteiger charge is -2.46. The number of ether oxygens (including phenoxy) is 2. The highest BCUT2D eigenvalue weighted by molar-refractivity contribution is 6.24. The molecule has 10 rings (SSSR count). The van der Waals surface area contributed by atoms with Crippen LogP contribution in [-0.2, 0) is 24.5 Å². The van der Waals surface area contributed by atoms with Gasteiger partial charge in [-0.05, 0) is 71.1 Å². The van der Waals surface area contributed by atoms with E-state index in [0.29, 0.717) is 47.0 Å². The van der Waals surface area contributed by atoms with E-state index in [0.717, 1.165) is 16.0 Å². The summed E-state index contributed by atoms with van der Waals surface area (Å²) in [5.74, 6) is 3.80. The number of rotatable bonds is 11. The van der Waals surface area contributed by atoms with Crippen molar-refractivity contribution in [3.63, 3.8) is 0 Å². The minimum absolute atomic E-state index is 0.0409. The summed E-state index contributed by atoms with van der Waals surface area (Å²) < 4.78 is 12.5. The molecule has 0 radical (unpaired) electrons. The number of hydrogen-bond donors (Lipinski definition) is 3. The Labute approximate surface area is 411 Å². The maximum absolute atomic E-state index is 16.8. The van der Waals surface area contributed by atoms with Gasteiger partial charge in [-0.1, -0.05) is 115 Å². The van der Waals surface area contributed by atoms with Crippen LogP contribution in [0.2, 0.25) is 0 Å². The van der Waals surface area contributed by atoms with E-state index >= 15 is 19.2 Å². The summed E-state index contributed by atoms with van der Waals surface area (Å²) in [5, 5.41) is 22.4. The predicted octanol–water partition coefficient (Wildman–Crippen LogP) is 6.07. The Morgan fingerprint density at radius 2 is 1.45 bits per heavy atom. The van der Waals surface area contributed by atoms with Gasteiger partial charge in [0.1, 0.15) is 29.9 Å². The number of nitrogens with one attached hydrogen (secondary N) is 1. The molecule has 360 valence electrons. The average Bonchev–Trinajstić information content (AvgIpc) is 3.87. The molecule has 5 aromatic carbocycles. The second-order valence-corrected chi connectivity index (χ2v) is 18.0. The smallest absolute Gasteiger partial charge is 0.329 e.